The van der Waals surface area contributed by atoms with Gasteiger partial charge in [-0.2, -0.15) is 0 Å². The maximum absolute atomic E-state index is 10.3. The van der Waals surface area contributed by atoms with Gasteiger partial charge >= 0.3 is 8.25 Å². The molecule has 15 heavy (non-hydrogen) atoms. The zero-order chi connectivity index (χ0) is 11.6. The first kappa shape index (κ1) is 12.9. The van der Waals surface area contributed by atoms with Crippen LogP contribution in [0.4, 0.5) is 0 Å². The van der Waals surface area contributed by atoms with Crippen LogP contribution in [0.5, 0.6) is 0 Å². The second-order valence-corrected chi connectivity index (χ2v) is 3.73. The van der Waals surface area contributed by atoms with Gasteiger partial charge in [0.15, 0.2) is 0 Å². The SMILES string of the molecule is O=[P+](O)OC1O[C@H](CO)[C@H](O)[C@H](O)[C@H]1O. The summed E-state index contributed by atoms with van der Waals surface area (Å²) in [5, 5.41) is 36.6. The highest BCUT2D eigenvalue weighted by Gasteiger charge is 2.47. The zero-order valence-electron chi connectivity index (χ0n) is 7.50. The second kappa shape index (κ2) is 5.24. The second-order valence-electron chi connectivity index (χ2n) is 3.04. The Hall–Kier alpha value is -0.180. The molecule has 1 fully saturated rings. The van der Waals surface area contributed by atoms with E-state index in [4.69, 9.17) is 14.7 Å². The molecule has 0 aliphatic carbocycles. The van der Waals surface area contributed by atoms with E-state index in [2.05, 4.69) is 4.52 Å². The molecular weight excluding hydrogens is 231 g/mol. The summed E-state index contributed by atoms with van der Waals surface area (Å²) in [6.07, 6.45) is -7.50. The van der Waals surface area contributed by atoms with Crippen LogP contribution in [0.1, 0.15) is 0 Å². The van der Waals surface area contributed by atoms with Gasteiger partial charge in [-0.15, -0.1) is 4.89 Å². The third kappa shape index (κ3) is 2.90. The Labute approximate surface area is 85.6 Å². The topological polar surface area (TPSA) is 137 Å². The van der Waals surface area contributed by atoms with Crippen molar-refractivity contribution in [3.8, 4) is 0 Å². The molecule has 0 aromatic carbocycles. The Balaban J connectivity index is 2.69. The minimum Gasteiger partial charge on any atom is -0.394 e. The van der Waals surface area contributed by atoms with E-state index in [1.807, 2.05) is 0 Å². The van der Waals surface area contributed by atoms with Gasteiger partial charge < -0.3 is 25.2 Å². The molecule has 1 aliphatic rings. The molecular formula is C6H12O8P+. The van der Waals surface area contributed by atoms with E-state index in [0.29, 0.717) is 0 Å². The molecule has 9 heteroatoms. The molecule has 0 bridgehead atoms. The number of ether oxygens (including phenoxy) is 1. The average Bonchev–Trinajstić information content (AvgIpc) is 2.18. The molecule has 1 saturated heterocycles. The lowest BCUT2D eigenvalue weighted by molar-refractivity contribution is -0.277. The average molecular weight is 243 g/mol. The summed E-state index contributed by atoms with van der Waals surface area (Å²) in [7, 11) is -3.02. The number of rotatable bonds is 3. The van der Waals surface area contributed by atoms with Crippen molar-refractivity contribution < 1.29 is 39.1 Å². The highest BCUT2D eigenvalue weighted by molar-refractivity contribution is 7.32. The molecule has 6 atom stereocenters. The molecule has 5 N–H and O–H groups in total. The predicted octanol–water partition coefficient (Wildman–Crippen LogP) is -2.55. The first-order chi connectivity index (χ1) is 6.97. The van der Waals surface area contributed by atoms with Crippen LogP contribution in [-0.4, -0.2) is 62.6 Å². The van der Waals surface area contributed by atoms with Gasteiger partial charge in [0, 0.05) is 4.57 Å². The fourth-order valence-electron chi connectivity index (χ4n) is 1.24. The van der Waals surface area contributed by atoms with Crippen LogP contribution in [0, 0.1) is 0 Å². The Bertz CT molecular complexity index is 233. The van der Waals surface area contributed by atoms with Crippen LogP contribution in [0.15, 0.2) is 0 Å². The van der Waals surface area contributed by atoms with Gasteiger partial charge in [-0.3, -0.25) is 0 Å². The summed E-state index contributed by atoms with van der Waals surface area (Å²) >= 11 is 0. The van der Waals surface area contributed by atoms with Crippen LogP contribution in [0.3, 0.4) is 0 Å². The Morgan fingerprint density at radius 2 is 1.80 bits per heavy atom. The van der Waals surface area contributed by atoms with Crippen molar-refractivity contribution in [2.24, 2.45) is 0 Å². The minimum atomic E-state index is -3.02. The molecule has 1 rings (SSSR count). The third-order valence-electron chi connectivity index (χ3n) is 2.04. The summed E-state index contributed by atoms with van der Waals surface area (Å²) in [6, 6.07) is 0. The maximum Gasteiger partial charge on any atom is 0.697 e. The first-order valence-corrected chi connectivity index (χ1v) is 5.23. The van der Waals surface area contributed by atoms with Gasteiger partial charge in [-0.1, -0.05) is 4.52 Å². The highest BCUT2D eigenvalue weighted by atomic mass is 31.1. The fraction of sp³-hybridized carbons (Fsp3) is 1.00. The summed E-state index contributed by atoms with van der Waals surface area (Å²) in [5.74, 6) is 0. The van der Waals surface area contributed by atoms with Crippen LogP contribution >= 0.6 is 8.25 Å². The summed E-state index contributed by atoms with van der Waals surface area (Å²) < 4.78 is 19.4. The molecule has 88 valence electrons. The normalized spacial score (nSPS) is 42.7. The molecule has 0 aromatic rings. The fourth-order valence-corrected chi connectivity index (χ4v) is 1.60. The number of hydrogen-bond donors (Lipinski definition) is 5. The van der Waals surface area contributed by atoms with E-state index in [9.17, 15) is 19.9 Å². The van der Waals surface area contributed by atoms with Crippen LogP contribution in [0.25, 0.3) is 0 Å². The molecule has 8 nitrogen and oxygen atoms in total. The van der Waals surface area contributed by atoms with Gasteiger partial charge in [0.05, 0.1) is 6.61 Å². The number of aliphatic hydroxyl groups excluding tert-OH is 4. The number of hydrogen-bond acceptors (Lipinski definition) is 7. The van der Waals surface area contributed by atoms with Crippen molar-refractivity contribution in [1.29, 1.82) is 0 Å². The summed E-state index contributed by atoms with van der Waals surface area (Å²) in [5.41, 5.74) is 0. The molecule has 0 saturated carbocycles. The summed E-state index contributed by atoms with van der Waals surface area (Å²) in [6.45, 7) is -0.618. The van der Waals surface area contributed by atoms with Gasteiger partial charge in [0.25, 0.3) is 0 Å². The van der Waals surface area contributed by atoms with Crippen LogP contribution in [0.2, 0.25) is 0 Å². The van der Waals surface area contributed by atoms with Crippen molar-refractivity contribution in [2.75, 3.05) is 6.61 Å². The van der Waals surface area contributed by atoms with Crippen LogP contribution < -0.4 is 0 Å². The molecule has 0 spiro atoms. The van der Waals surface area contributed by atoms with Gasteiger partial charge in [0.1, 0.15) is 24.4 Å². The van der Waals surface area contributed by atoms with Gasteiger partial charge in [-0.05, 0) is 0 Å². The molecule has 1 aliphatic heterocycles. The zero-order valence-corrected chi connectivity index (χ0v) is 8.40. The smallest absolute Gasteiger partial charge is 0.394 e. The van der Waals surface area contributed by atoms with E-state index in [1.165, 1.54) is 0 Å². The first-order valence-electron chi connectivity index (χ1n) is 4.10. The molecule has 0 amide bonds. The monoisotopic (exact) mass is 243 g/mol. The molecule has 0 radical (unpaired) electrons. The third-order valence-corrected chi connectivity index (χ3v) is 2.43. The summed E-state index contributed by atoms with van der Waals surface area (Å²) in [4.78, 5) is 8.42. The molecule has 0 aromatic heterocycles. The van der Waals surface area contributed by atoms with E-state index < -0.39 is 45.6 Å². The van der Waals surface area contributed by atoms with Crippen molar-refractivity contribution >= 4 is 8.25 Å². The van der Waals surface area contributed by atoms with E-state index in [0.717, 1.165) is 0 Å². The van der Waals surface area contributed by atoms with Crippen molar-refractivity contribution in [3.63, 3.8) is 0 Å². The van der Waals surface area contributed by atoms with Crippen molar-refractivity contribution in [3.05, 3.63) is 0 Å². The van der Waals surface area contributed by atoms with Gasteiger partial charge in [0.2, 0.25) is 6.29 Å². The lowest BCUT2D eigenvalue weighted by Gasteiger charge is -2.36. The van der Waals surface area contributed by atoms with Crippen LogP contribution in [-0.2, 0) is 13.8 Å². The Kier molecular flexibility index (Phi) is 4.50. The predicted molar refractivity (Wildman–Crippen MR) is 44.7 cm³/mol. The van der Waals surface area contributed by atoms with Crippen molar-refractivity contribution in [1.82, 2.24) is 0 Å². The van der Waals surface area contributed by atoms with E-state index >= 15 is 0 Å². The van der Waals surface area contributed by atoms with E-state index in [-0.39, 0.29) is 0 Å². The largest absolute Gasteiger partial charge is 0.697 e. The van der Waals surface area contributed by atoms with Crippen molar-refractivity contribution in [2.45, 2.75) is 30.7 Å². The quantitative estimate of drug-likeness (QED) is 0.342. The lowest BCUT2D eigenvalue weighted by Crippen LogP contribution is -2.58. The Morgan fingerprint density at radius 1 is 1.20 bits per heavy atom. The van der Waals surface area contributed by atoms with Gasteiger partial charge in [-0.25, -0.2) is 0 Å². The van der Waals surface area contributed by atoms with E-state index in [1.54, 1.807) is 0 Å². The standard InChI is InChI=1S/C6H11O8P/c7-1-2-3(8)4(9)5(10)6(13-2)14-15(11)12/h2-10H,1H2/p+1/t2-,3+,4+,5-,6?/m1/s1. The minimum absolute atomic E-state index is 0.618. The number of aliphatic hydroxyl groups is 4. The molecule has 2 unspecified atom stereocenters. The maximum atomic E-state index is 10.3. The lowest BCUT2D eigenvalue weighted by atomic mass is 10.00. The molecule has 1 heterocycles. The Morgan fingerprint density at radius 3 is 2.27 bits per heavy atom. The highest BCUT2D eigenvalue weighted by Crippen LogP contribution is 2.28.